The van der Waals surface area contributed by atoms with E-state index < -0.39 is 25.2 Å². The molecular weight excluding hydrogens is 271 g/mol. The first-order valence-corrected chi connectivity index (χ1v) is 8.01. The molecule has 108 valence electrons. The molecule has 0 aliphatic carbocycles. The summed E-state index contributed by atoms with van der Waals surface area (Å²) in [5.41, 5.74) is 0. The summed E-state index contributed by atoms with van der Waals surface area (Å²) in [7, 11) is -1.99. The van der Waals surface area contributed by atoms with E-state index in [0.29, 0.717) is 6.54 Å². The highest BCUT2D eigenvalue weighted by Crippen LogP contribution is 2.58. The predicted octanol–water partition coefficient (Wildman–Crippen LogP) is 0.413. The Labute approximate surface area is 112 Å². The lowest BCUT2D eigenvalue weighted by Gasteiger charge is -2.26. The molecule has 0 radical (unpaired) electrons. The molecule has 1 N–H and O–H groups in total. The summed E-state index contributed by atoms with van der Waals surface area (Å²) in [6.07, 6.45) is 0. The van der Waals surface area contributed by atoms with Gasteiger partial charge in [0.15, 0.2) is 0 Å². The molecule has 0 bridgehead atoms. The number of nitrogens with zero attached hydrogens (tertiary/aromatic N) is 1. The number of amides is 2. The third-order valence-corrected chi connectivity index (χ3v) is 5.96. The van der Waals surface area contributed by atoms with Gasteiger partial charge in [0.2, 0.25) is 11.8 Å². The van der Waals surface area contributed by atoms with Crippen molar-refractivity contribution in [1.29, 1.82) is 0 Å². The number of imide groups is 1. The van der Waals surface area contributed by atoms with Gasteiger partial charge in [-0.05, 0) is 13.8 Å². The number of likely N-dealkylation sites (tertiary alicyclic amines) is 1. The van der Waals surface area contributed by atoms with Crippen LogP contribution < -0.4 is 5.32 Å². The molecular formula is C11H19N2O5P. The van der Waals surface area contributed by atoms with E-state index in [1.54, 1.807) is 13.8 Å². The van der Waals surface area contributed by atoms with Crippen molar-refractivity contribution in [2.75, 3.05) is 26.8 Å². The van der Waals surface area contributed by atoms with Crippen molar-refractivity contribution in [2.24, 2.45) is 11.8 Å². The van der Waals surface area contributed by atoms with E-state index >= 15 is 0 Å². The van der Waals surface area contributed by atoms with Crippen LogP contribution in [0.1, 0.15) is 13.8 Å². The van der Waals surface area contributed by atoms with Crippen molar-refractivity contribution in [1.82, 2.24) is 10.2 Å². The van der Waals surface area contributed by atoms with Crippen LogP contribution in [0.4, 0.5) is 0 Å². The second-order valence-electron chi connectivity index (χ2n) is 4.60. The minimum Gasteiger partial charge on any atom is -0.308 e. The average Bonchev–Trinajstić information content (AvgIpc) is 2.88. The number of hydrogen-bond donors (Lipinski definition) is 1. The van der Waals surface area contributed by atoms with Gasteiger partial charge in [-0.1, -0.05) is 0 Å². The van der Waals surface area contributed by atoms with Crippen molar-refractivity contribution >= 4 is 19.4 Å². The van der Waals surface area contributed by atoms with Gasteiger partial charge in [0, 0.05) is 13.6 Å². The van der Waals surface area contributed by atoms with Crippen LogP contribution >= 0.6 is 7.60 Å². The highest BCUT2D eigenvalue weighted by molar-refractivity contribution is 7.54. The van der Waals surface area contributed by atoms with Crippen LogP contribution in [0.5, 0.6) is 0 Å². The molecule has 0 aromatic heterocycles. The highest BCUT2D eigenvalue weighted by atomic mass is 31.2. The molecule has 2 heterocycles. The van der Waals surface area contributed by atoms with Crippen LogP contribution in [0, 0.1) is 11.8 Å². The van der Waals surface area contributed by atoms with Crippen molar-refractivity contribution in [3.63, 3.8) is 0 Å². The molecule has 0 aromatic rings. The van der Waals surface area contributed by atoms with Gasteiger partial charge in [-0.25, -0.2) is 0 Å². The molecule has 0 unspecified atom stereocenters. The van der Waals surface area contributed by atoms with E-state index in [2.05, 4.69) is 5.32 Å². The fourth-order valence-electron chi connectivity index (χ4n) is 2.72. The van der Waals surface area contributed by atoms with Crippen molar-refractivity contribution in [3.05, 3.63) is 0 Å². The Hall–Kier alpha value is -0.750. The Morgan fingerprint density at radius 3 is 2.37 bits per heavy atom. The molecule has 2 aliphatic heterocycles. The fourth-order valence-corrected chi connectivity index (χ4v) is 4.89. The smallest absolute Gasteiger partial charge is 0.308 e. The maximum absolute atomic E-state index is 12.7. The molecule has 19 heavy (non-hydrogen) atoms. The van der Waals surface area contributed by atoms with E-state index in [9.17, 15) is 14.2 Å². The summed E-state index contributed by atoms with van der Waals surface area (Å²) >= 11 is 0. The van der Waals surface area contributed by atoms with E-state index in [4.69, 9.17) is 9.05 Å². The molecule has 2 fully saturated rings. The highest BCUT2D eigenvalue weighted by Gasteiger charge is 2.59. The zero-order chi connectivity index (χ0) is 14.2. The summed E-state index contributed by atoms with van der Waals surface area (Å²) in [5.74, 6) is -2.40. The third kappa shape index (κ3) is 2.25. The molecule has 2 rings (SSSR count). The van der Waals surface area contributed by atoms with Crippen molar-refractivity contribution in [2.45, 2.75) is 19.6 Å². The largest absolute Gasteiger partial charge is 0.348 e. The molecule has 0 aromatic carbocycles. The summed E-state index contributed by atoms with van der Waals surface area (Å²) in [6, 6.07) is 0. The lowest BCUT2D eigenvalue weighted by Crippen LogP contribution is -2.37. The van der Waals surface area contributed by atoms with Gasteiger partial charge in [-0.2, -0.15) is 0 Å². The van der Waals surface area contributed by atoms with Crippen molar-refractivity contribution < 1.29 is 23.2 Å². The lowest BCUT2D eigenvalue weighted by molar-refractivity contribution is -0.138. The summed E-state index contributed by atoms with van der Waals surface area (Å²) in [4.78, 5) is 25.1. The van der Waals surface area contributed by atoms with E-state index in [1.165, 1.54) is 7.05 Å². The van der Waals surface area contributed by atoms with Crippen LogP contribution in [0.2, 0.25) is 0 Å². The quantitative estimate of drug-likeness (QED) is 0.583. The van der Waals surface area contributed by atoms with Gasteiger partial charge in [-0.3, -0.25) is 19.1 Å². The SMILES string of the molecule is CCOP(=O)(OCC)[C@@H]1NC[C@H]2C(=O)N(C)C(=O)[C@@H]12. The monoisotopic (exact) mass is 290 g/mol. The van der Waals surface area contributed by atoms with Crippen LogP contribution in [-0.4, -0.2) is 49.3 Å². The molecule has 8 heteroatoms. The minimum atomic E-state index is -3.44. The lowest BCUT2D eigenvalue weighted by atomic mass is 9.99. The predicted molar refractivity (Wildman–Crippen MR) is 67.4 cm³/mol. The first-order valence-electron chi connectivity index (χ1n) is 6.39. The Morgan fingerprint density at radius 2 is 1.84 bits per heavy atom. The zero-order valence-corrected chi connectivity index (χ0v) is 12.2. The van der Waals surface area contributed by atoms with Gasteiger partial charge in [0.25, 0.3) is 0 Å². The fraction of sp³-hybridized carbons (Fsp3) is 0.818. The Kier molecular flexibility index (Phi) is 4.11. The molecule has 2 aliphatic rings. The molecule has 3 atom stereocenters. The number of fused-ring (bicyclic) bond motifs is 1. The van der Waals surface area contributed by atoms with Crippen LogP contribution in [0.25, 0.3) is 0 Å². The van der Waals surface area contributed by atoms with Crippen LogP contribution in [0.15, 0.2) is 0 Å². The standard InChI is InChI=1S/C11H19N2O5P/c1-4-17-19(16,18-5-2)9-8-7(6-12-9)10(14)13(3)11(8)15/h7-9,12H,4-6H2,1-3H3/t7-,8-,9+/m1/s1. The van der Waals surface area contributed by atoms with Crippen LogP contribution in [-0.2, 0) is 23.2 Å². The minimum absolute atomic E-state index is 0.227. The number of rotatable bonds is 5. The zero-order valence-electron chi connectivity index (χ0n) is 11.3. The van der Waals surface area contributed by atoms with Gasteiger partial charge in [-0.15, -0.1) is 0 Å². The Balaban J connectivity index is 2.28. The summed E-state index contributed by atoms with van der Waals surface area (Å²) < 4.78 is 23.3. The number of hydrogen-bond acceptors (Lipinski definition) is 6. The second kappa shape index (κ2) is 5.32. The molecule has 0 spiro atoms. The topological polar surface area (TPSA) is 84.9 Å². The van der Waals surface area contributed by atoms with Gasteiger partial charge in [0.1, 0.15) is 5.78 Å². The van der Waals surface area contributed by atoms with Crippen LogP contribution in [0.3, 0.4) is 0 Å². The Morgan fingerprint density at radius 1 is 1.26 bits per heavy atom. The maximum Gasteiger partial charge on any atom is 0.348 e. The Bertz CT molecular complexity index is 431. The molecule has 7 nitrogen and oxygen atoms in total. The molecule has 0 saturated carbocycles. The van der Waals surface area contributed by atoms with E-state index in [0.717, 1.165) is 4.90 Å². The molecule has 2 saturated heterocycles. The normalized spacial score (nSPS) is 31.1. The maximum atomic E-state index is 12.7. The summed E-state index contributed by atoms with van der Waals surface area (Å²) in [5, 5.41) is 2.97. The average molecular weight is 290 g/mol. The number of nitrogens with one attached hydrogen (secondary N) is 1. The first-order chi connectivity index (χ1) is 8.96. The van der Waals surface area contributed by atoms with Gasteiger partial charge >= 0.3 is 7.60 Å². The van der Waals surface area contributed by atoms with E-state index in [-0.39, 0.29) is 25.0 Å². The second-order valence-corrected chi connectivity index (χ2v) is 6.75. The number of carbonyl (C=O) groups is 2. The molecule has 2 amide bonds. The third-order valence-electron chi connectivity index (χ3n) is 3.54. The van der Waals surface area contributed by atoms with Gasteiger partial charge in [0.05, 0.1) is 25.0 Å². The van der Waals surface area contributed by atoms with Crippen molar-refractivity contribution in [3.8, 4) is 0 Å². The number of carbonyl (C=O) groups excluding carboxylic acids is 2. The first kappa shape index (κ1) is 14.7. The van der Waals surface area contributed by atoms with Gasteiger partial charge < -0.3 is 14.4 Å². The van der Waals surface area contributed by atoms with E-state index in [1.807, 2.05) is 0 Å². The summed E-state index contributed by atoms with van der Waals surface area (Å²) in [6.45, 7) is 4.21.